The number of nitrogens with one attached hydrogen (secondary N) is 2. The van der Waals surface area contributed by atoms with Gasteiger partial charge in [0.1, 0.15) is 23.6 Å². The van der Waals surface area contributed by atoms with Gasteiger partial charge in [0.2, 0.25) is 11.8 Å². The molecule has 0 aliphatic carbocycles. The number of hydrogen-bond donors (Lipinski definition) is 2. The van der Waals surface area contributed by atoms with Gasteiger partial charge in [0.05, 0.1) is 18.8 Å². The summed E-state index contributed by atoms with van der Waals surface area (Å²) < 4.78 is 6.30. The number of aromatic nitrogens is 3. The summed E-state index contributed by atoms with van der Waals surface area (Å²) in [7, 11) is 1.69. The third kappa shape index (κ3) is 8.08. The van der Waals surface area contributed by atoms with E-state index in [1.165, 1.54) is 17.2 Å². The van der Waals surface area contributed by atoms with Gasteiger partial charge < -0.3 is 20.3 Å². The molecule has 0 saturated heterocycles. The summed E-state index contributed by atoms with van der Waals surface area (Å²) in [6.07, 6.45) is 6.05. The van der Waals surface area contributed by atoms with Gasteiger partial charge in [0, 0.05) is 42.3 Å². The van der Waals surface area contributed by atoms with Crippen LogP contribution in [-0.4, -0.2) is 46.3 Å². The van der Waals surface area contributed by atoms with E-state index in [-0.39, 0.29) is 24.1 Å². The summed E-state index contributed by atoms with van der Waals surface area (Å²) in [5, 5.41) is 6.47. The molecule has 0 fully saturated rings. The van der Waals surface area contributed by atoms with Crippen LogP contribution in [0.4, 0.5) is 5.69 Å². The van der Waals surface area contributed by atoms with E-state index in [4.69, 9.17) is 9.72 Å². The maximum atomic E-state index is 13.1. The van der Waals surface area contributed by atoms with Crippen LogP contribution >= 0.6 is 0 Å². The number of para-hydroxylation sites is 1. The maximum absolute atomic E-state index is 13.1. The first-order valence-corrected chi connectivity index (χ1v) is 15.6. The number of pyridine rings is 3. The third-order valence-electron chi connectivity index (χ3n) is 8.07. The van der Waals surface area contributed by atoms with Gasteiger partial charge in [-0.1, -0.05) is 30.3 Å². The lowest BCUT2D eigenvalue weighted by Gasteiger charge is -2.23. The first kappa shape index (κ1) is 33.5. The molecular weight excluding hydrogens is 604 g/mol. The Kier molecular flexibility index (Phi) is 10.5. The highest BCUT2D eigenvalue weighted by Crippen LogP contribution is 2.30. The van der Waals surface area contributed by atoms with Crippen molar-refractivity contribution in [2.75, 3.05) is 18.5 Å². The number of ether oxygens (including phenoxy) is 1. The van der Waals surface area contributed by atoms with Gasteiger partial charge >= 0.3 is 0 Å². The number of nitrogens with zero attached hydrogens (tertiary/aromatic N) is 4. The predicted molar refractivity (Wildman–Crippen MR) is 187 cm³/mol. The number of rotatable bonds is 11. The zero-order valence-corrected chi connectivity index (χ0v) is 27.7. The minimum atomic E-state index is -0.433. The molecule has 0 aliphatic heterocycles. The molecule has 0 atom stereocenters. The summed E-state index contributed by atoms with van der Waals surface area (Å²) >= 11 is 0. The molecular formula is C38H38N6O4. The summed E-state index contributed by atoms with van der Waals surface area (Å²) in [6.45, 7) is 8.43. The van der Waals surface area contributed by atoms with Gasteiger partial charge in [0.25, 0.3) is 5.91 Å². The number of hydrogen-bond acceptors (Lipinski definition) is 7. The molecule has 0 aliphatic rings. The van der Waals surface area contributed by atoms with Crippen LogP contribution in [0.5, 0.6) is 5.75 Å². The fourth-order valence-corrected chi connectivity index (χ4v) is 5.34. The van der Waals surface area contributed by atoms with Crippen molar-refractivity contribution in [2.24, 2.45) is 0 Å². The highest BCUT2D eigenvalue weighted by Gasteiger charge is 2.18. The van der Waals surface area contributed by atoms with Crippen molar-refractivity contribution in [3.63, 3.8) is 0 Å². The molecule has 0 spiro atoms. The van der Waals surface area contributed by atoms with E-state index in [0.29, 0.717) is 24.5 Å². The first-order chi connectivity index (χ1) is 23.1. The summed E-state index contributed by atoms with van der Waals surface area (Å²) in [5.74, 6) is -0.329. The minimum Gasteiger partial charge on any atom is -0.487 e. The van der Waals surface area contributed by atoms with E-state index in [1.54, 1.807) is 31.5 Å². The van der Waals surface area contributed by atoms with E-state index in [9.17, 15) is 14.4 Å². The fraction of sp³-hybridized carbons (Fsp3) is 0.211. The number of amides is 3. The number of carbonyl (C=O) groups is 3. The second kappa shape index (κ2) is 15.1. The second-order valence-electron chi connectivity index (χ2n) is 11.5. The summed E-state index contributed by atoms with van der Waals surface area (Å²) in [5.41, 5.74) is 8.18. The molecule has 2 aromatic carbocycles. The lowest BCUT2D eigenvalue weighted by Crippen LogP contribution is -2.38. The van der Waals surface area contributed by atoms with Crippen LogP contribution in [0.2, 0.25) is 0 Å². The van der Waals surface area contributed by atoms with Crippen LogP contribution in [0.1, 0.15) is 49.7 Å². The van der Waals surface area contributed by atoms with Gasteiger partial charge in [-0.2, -0.15) is 0 Å². The molecule has 0 radical (unpaired) electrons. The zero-order valence-electron chi connectivity index (χ0n) is 27.7. The van der Waals surface area contributed by atoms with Crippen LogP contribution in [0.15, 0.2) is 85.2 Å². The molecule has 2 N–H and O–H groups in total. The Hall–Kier alpha value is -5.90. The van der Waals surface area contributed by atoms with Gasteiger partial charge in [-0.25, -0.2) is 4.98 Å². The van der Waals surface area contributed by atoms with Gasteiger partial charge in [-0.05, 0) is 98.0 Å². The second-order valence-corrected chi connectivity index (χ2v) is 11.5. The predicted octanol–water partition coefficient (Wildman–Crippen LogP) is 5.56. The Morgan fingerprint density at radius 1 is 0.896 bits per heavy atom. The standard InChI is InChI=1S/C38H38N6O4/c1-24-12-16-33(27(4)31(24)23-48-34-11-8-10-30-25(2)19-26(3)43-37(30)34)44(5)36(46)22-41-35(45)17-14-28-13-15-32(40-20-28)38(47)42-21-29-9-6-7-18-39-29/h6-20H,21-23H2,1-5H3,(H,41,45)(H,42,47). The van der Waals surface area contributed by atoms with Crippen LogP contribution in [0, 0.1) is 27.7 Å². The van der Waals surface area contributed by atoms with E-state index in [1.807, 2.05) is 69.3 Å². The van der Waals surface area contributed by atoms with Crippen molar-refractivity contribution >= 4 is 40.4 Å². The smallest absolute Gasteiger partial charge is 0.270 e. The molecule has 0 bridgehead atoms. The summed E-state index contributed by atoms with van der Waals surface area (Å²) in [6, 6.07) is 20.6. The Labute approximate surface area is 279 Å². The summed E-state index contributed by atoms with van der Waals surface area (Å²) in [4.78, 5) is 52.6. The fourth-order valence-electron chi connectivity index (χ4n) is 5.34. The van der Waals surface area contributed by atoms with Gasteiger partial charge in [-0.15, -0.1) is 0 Å². The van der Waals surface area contributed by atoms with Crippen molar-refractivity contribution in [3.05, 3.63) is 130 Å². The molecule has 5 rings (SSSR count). The van der Waals surface area contributed by atoms with Crippen molar-refractivity contribution in [2.45, 2.75) is 40.8 Å². The number of benzene rings is 2. The lowest BCUT2D eigenvalue weighted by molar-refractivity contribution is -0.122. The number of fused-ring (bicyclic) bond motifs is 1. The van der Waals surface area contributed by atoms with E-state index < -0.39 is 5.91 Å². The van der Waals surface area contributed by atoms with Crippen LogP contribution in [0.3, 0.4) is 0 Å². The quantitative estimate of drug-likeness (QED) is 0.181. The molecule has 3 heterocycles. The highest BCUT2D eigenvalue weighted by molar-refractivity contribution is 5.99. The van der Waals surface area contributed by atoms with Crippen molar-refractivity contribution < 1.29 is 19.1 Å². The monoisotopic (exact) mass is 642 g/mol. The first-order valence-electron chi connectivity index (χ1n) is 15.6. The van der Waals surface area contributed by atoms with Crippen molar-refractivity contribution in [1.82, 2.24) is 25.6 Å². The highest BCUT2D eigenvalue weighted by atomic mass is 16.5. The van der Waals surface area contributed by atoms with Crippen molar-refractivity contribution in [1.29, 1.82) is 0 Å². The number of carbonyl (C=O) groups excluding carboxylic acids is 3. The van der Waals surface area contributed by atoms with Crippen LogP contribution < -0.4 is 20.3 Å². The molecule has 10 nitrogen and oxygen atoms in total. The average Bonchev–Trinajstić information content (AvgIpc) is 3.09. The molecule has 244 valence electrons. The van der Waals surface area contributed by atoms with Crippen LogP contribution in [-0.2, 0) is 22.7 Å². The number of likely N-dealkylation sites (N-methyl/N-ethyl adjacent to an activating group) is 1. The normalized spacial score (nSPS) is 11.0. The van der Waals surface area contributed by atoms with Gasteiger partial charge in [0.15, 0.2) is 0 Å². The molecule has 48 heavy (non-hydrogen) atoms. The SMILES string of the molecule is Cc1cc(C)c2cccc(OCc3c(C)ccc(N(C)C(=O)CNC(=O)C=Cc4ccc(C(=O)NCc5ccccn5)nc4)c3C)c2n1. The Balaban J connectivity index is 1.15. The van der Waals surface area contributed by atoms with E-state index in [2.05, 4.69) is 33.6 Å². The number of anilines is 1. The minimum absolute atomic E-state index is 0.188. The van der Waals surface area contributed by atoms with Crippen LogP contribution in [0.25, 0.3) is 17.0 Å². The van der Waals surface area contributed by atoms with E-state index >= 15 is 0 Å². The Bertz CT molecular complexity index is 1990. The average molecular weight is 643 g/mol. The largest absolute Gasteiger partial charge is 0.487 e. The van der Waals surface area contributed by atoms with Gasteiger partial charge in [-0.3, -0.25) is 24.4 Å². The Morgan fingerprint density at radius 2 is 1.73 bits per heavy atom. The van der Waals surface area contributed by atoms with E-state index in [0.717, 1.165) is 50.2 Å². The number of aryl methyl sites for hydroxylation is 3. The molecule has 10 heteroatoms. The zero-order chi connectivity index (χ0) is 34.2. The topological polar surface area (TPSA) is 126 Å². The Morgan fingerprint density at radius 3 is 2.48 bits per heavy atom. The molecule has 0 unspecified atom stereocenters. The molecule has 5 aromatic rings. The van der Waals surface area contributed by atoms with Crippen molar-refractivity contribution in [3.8, 4) is 5.75 Å². The molecule has 3 amide bonds. The third-order valence-corrected chi connectivity index (χ3v) is 8.07. The molecule has 3 aromatic heterocycles. The lowest BCUT2D eigenvalue weighted by atomic mass is 10.0. The maximum Gasteiger partial charge on any atom is 0.270 e. The molecule has 0 saturated carbocycles.